The molecule has 1 fully saturated rings. The third-order valence-electron chi connectivity index (χ3n) is 3.44. The summed E-state index contributed by atoms with van der Waals surface area (Å²) in [7, 11) is 3.40. The smallest absolute Gasteiger partial charge is 0.273 e. The monoisotopic (exact) mass is 276 g/mol. The van der Waals surface area contributed by atoms with Crippen LogP contribution < -0.4 is 5.32 Å². The van der Waals surface area contributed by atoms with E-state index in [1.165, 1.54) is 4.90 Å². The molecule has 1 saturated heterocycles. The van der Waals surface area contributed by atoms with E-state index in [2.05, 4.69) is 10.3 Å². The lowest BCUT2D eigenvalue weighted by Crippen LogP contribution is -2.59. The highest BCUT2D eigenvalue weighted by Crippen LogP contribution is 2.13. The molecule has 0 aliphatic carbocycles. The molecule has 6 nitrogen and oxygen atoms in total. The van der Waals surface area contributed by atoms with Crippen molar-refractivity contribution in [3.63, 3.8) is 0 Å². The van der Waals surface area contributed by atoms with E-state index >= 15 is 0 Å². The van der Waals surface area contributed by atoms with Crippen molar-refractivity contribution < 1.29 is 9.59 Å². The molecular weight excluding hydrogens is 256 g/mol. The molecule has 2 amide bonds. The van der Waals surface area contributed by atoms with Crippen molar-refractivity contribution in [2.45, 2.75) is 13.0 Å². The Morgan fingerprint density at radius 1 is 1.45 bits per heavy atom. The summed E-state index contributed by atoms with van der Waals surface area (Å²) in [6, 6.07) is 3.19. The molecule has 20 heavy (non-hydrogen) atoms. The van der Waals surface area contributed by atoms with Gasteiger partial charge in [0.1, 0.15) is 11.7 Å². The van der Waals surface area contributed by atoms with Gasteiger partial charge in [-0.05, 0) is 18.6 Å². The lowest BCUT2D eigenvalue weighted by Gasteiger charge is -2.36. The summed E-state index contributed by atoms with van der Waals surface area (Å²) in [5, 5.41) is 3.16. The number of aromatic nitrogens is 1. The van der Waals surface area contributed by atoms with Gasteiger partial charge < -0.3 is 15.1 Å². The summed E-state index contributed by atoms with van der Waals surface area (Å²) in [4.78, 5) is 32.1. The zero-order chi connectivity index (χ0) is 14.7. The zero-order valence-corrected chi connectivity index (χ0v) is 12.1. The second-order valence-corrected chi connectivity index (χ2v) is 5.12. The van der Waals surface area contributed by atoms with Gasteiger partial charge >= 0.3 is 0 Å². The highest BCUT2D eigenvalue weighted by atomic mass is 16.2. The molecule has 0 saturated carbocycles. The van der Waals surface area contributed by atoms with Gasteiger partial charge in [0.15, 0.2) is 0 Å². The molecule has 108 valence electrons. The molecule has 1 aromatic rings. The molecular formula is C14H20N4O2. The number of pyridine rings is 1. The van der Waals surface area contributed by atoms with Crippen LogP contribution in [-0.4, -0.2) is 66.4 Å². The van der Waals surface area contributed by atoms with Crippen molar-refractivity contribution in [3.05, 3.63) is 29.6 Å². The van der Waals surface area contributed by atoms with Crippen LogP contribution in [0.3, 0.4) is 0 Å². The Kier molecular flexibility index (Phi) is 4.34. The number of rotatable bonds is 2. The van der Waals surface area contributed by atoms with Gasteiger partial charge in [-0.15, -0.1) is 0 Å². The fraction of sp³-hybridized carbons (Fsp3) is 0.500. The van der Waals surface area contributed by atoms with Crippen LogP contribution in [0.5, 0.6) is 0 Å². The van der Waals surface area contributed by atoms with Crippen LogP contribution in [0.4, 0.5) is 0 Å². The topological polar surface area (TPSA) is 65.5 Å². The molecule has 0 radical (unpaired) electrons. The molecule has 0 spiro atoms. The predicted octanol–water partition coefficient (Wildman–Crippen LogP) is -0.108. The number of likely N-dealkylation sites (N-methyl/N-ethyl adjacent to an activating group) is 1. The van der Waals surface area contributed by atoms with E-state index in [0.717, 1.165) is 5.56 Å². The quantitative estimate of drug-likeness (QED) is 0.819. The maximum atomic E-state index is 12.6. The standard InChI is InChI=1S/C14H20N4O2/c1-10-5-4-6-16-12(10)14(20)18-8-7-15-9-11(18)13(19)17(2)3/h4-6,11,15H,7-9H2,1-3H3. The Labute approximate surface area is 118 Å². The molecule has 0 bridgehead atoms. The van der Waals surface area contributed by atoms with Crippen molar-refractivity contribution in [2.75, 3.05) is 33.7 Å². The number of aryl methyl sites for hydroxylation is 1. The van der Waals surface area contributed by atoms with Crippen molar-refractivity contribution in [1.82, 2.24) is 20.1 Å². The number of carbonyl (C=O) groups is 2. The first-order valence-corrected chi connectivity index (χ1v) is 6.67. The summed E-state index contributed by atoms with van der Waals surface area (Å²) in [6.45, 7) is 3.54. The van der Waals surface area contributed by atoms with Crippen molar-refractivity contribution in [3.8, 4) is 0 Å². The number of piperazine rings is 1. The minimum absolute atomic E-state index is 0.0702. The van der Waals surface area contributed by atoms with Gasteiger partial charge in [-0.2, -0.15) is 0 Å². The number of hydrogen-bond donors (Lipinski definition) is 1. The van der Waals surface area contributed by atoms with Gasteiger partial charge in [0.2, 0.25) is 5.91 Å². The minimum Gasteiger partial charge on any atom is -0.347 e. The Morgan fingerprint density at radius 3 is 2.85 bits per heavy atom. The third kappa shape index (κ3) is 2.80. The molecule has 1 atom stereocenters. The Morgan fingerprint density at radius 2 is 2.20 bits per heavy atom. The van der Waals surface area contributed by atoms with E-state index < -0.39 is 6.04 Å². The van der Waals surface area contributed by atoms with E-state index in [9.17, 15) is 9.59 Å². The van der Waals surface area contributed by atoms with Gasteiger partial charge in [-0.3, -0.25) is 14.6 Å². The number of carbonyl (C=O) groups excluding carboxylic acids is 2. The number of amides is 2. The Balaban J connectivity index is 2.26. The summed E-state index contributed by atoms with van der Waals surface area (Å²) in [5.41, 5.74) is 1.25. The van der Waals surface area contributed by atoms with E-state index in [1.54, 1.807) is 31.3 Å². The first kappa shape index (κ1) is 14.5. The van der Waals surface area contributed by atoms with Crippen LogP contribution in [0.15, 0.2) is 18.3 Å². The van der Waals surface area contributed by atoms with Gasteiger partial charge in [0.25, 0.3) is 5.91 Å². The Bertz CT molecular complexity index is 516. The van der Waals surface area contributed by atoms with E-state index in [0.29, 0.717) is 25.3 Å². The minimum atomic E-state index is -0.465. The maximum Gasteiger partial charge on any atom is 0.273 e. The highest BCUT2D eigenvalue weighted by molar-refractivity contribution is 5.97. The van der Waals surface area contributed by atoms with Crippen LogP contribution in [0.2, 0.25) is 0 Å². The number of hydrogen-bond acceptors (Lipinski definition) is 4. The lowest BCUT2D eigenvalue weighted by atomic mass is 10.1. The lowest BCUT2D eigenvalue weighted by molar-refractivity contribution is -0.134. The van der Waals surface area contributed by atoms with Crippen LogP contribution in [-0.2, 0) is 4.79 Å². The average molecular weight is 276 g/mol. The molecule has 2 heterocycles. The van der Waals surface area contributed by atoms with Gasteiger partial charge in [-0.1, -0.05) is 6.07 Å². The summed E-state index contributed by atoms with van der Waals surface area (Å²) >= 11 is 0. The van der Waals surface area contributed by atoms with E-state index in [4.69, 9.17) is 0 Å². The van der Waals surface area contributed by atoms with Gasteiger partial charge in [0.05, 0.1) is 0 Å². The SMILES string of the molecule is Cc1cccnc1C(=O)N1CCNCC1C(=O)N(C)C. The fourth-order valence-corrected chi connectivity index (χ4v) is 2.31. The second kappa shape index (κ2) is 6.00. The van der Waals surface area contributed by atoms with Gasteiger partial charge in [0, 0.05) is 39.9 Å². The van der Waals surface area contributed by atoms with E-state index in [-0.39, 0.29) is 11.8 Å². The molecule has 0 aromatic carbocycles. The molecule has 6 heteroatoms. The molecule has 1 aliphatic heterocycles. The van der Waals surface area contributed by atoms with Crippen molar-refractivity contribution >= 4 is 11.8 Å². The summed E-state index contributed by atoms with van der Waals surface area (Å²) in [6.07, 6.45) is 1.60. The highest BCUT2D eigenvalue weighted by Gasteiger charge is 2.34. The normalized spacial score (nSPS) is 18.8. The third-order valence-corrected chi connectivity index (χ3v) is 3.44. The zero-order valence-electron chi connectivity index (χ0n) is 12.1. The van der Waals surface area contributed by atoms with Gasteiger partial charge in [-0.25, -0.2) is 0 Å². The van der Waals surface area contributed by atoms with Crippen molar-refractivity contribution in [2.24, 2.45) is 0 Å². The second-order valence-electron chi connectivity index (χ2n) is 5.12. The van der Waals surface area contributed by atoms with Crippen molar-refractivity contribution in [1.29, 1.82) is 0 Å². The Hall–Kier alpha value is -1.95. The van der Waals surface area contributed by atoms with Crippen LogP contribution >= 0.6 is 0 Å². The van der Waals surface area contributed by atoms with E-state index in [1.807, 2.05) is 13.0 Å². The molecule has 1 aromatic heterocycles. The first-order chi connectivity index (χ1) is 9.52. The fourth-order valence-electron chi connectivity index (χ4n) is 2.31. The number of nitrogens with zero attached hydrogens (tertiary/aromatic N) is 3. The summed E-state index contributed by atoms with van der Waals surface area (Å²) in [5.74, 6) is -0.246. The largest absolute Gasteiger partial charge is 0.347 e. The maximum absolute atomic E-state index is 12.6. The molecule has 1 aliphatic rings. The number of nitrogens with one attached hydrogen (secondary N) is 1. The first-order valence-electron chi connectivity index (χ1n) is 6.67. The average Bonchev–Trinajstić information content (AvgIpc) is 2.46. The van der Waals surface area contributed by atoms with Crippen LogP contribution in [0.25, 0.3) is 0 Å². The molecule has 2 rings (SSSR count). The van der Waals surface area contributed by atoms with Crippen LogP contribution in [0, 0.1) is 6.92 Å². The molecule has 1 N–H and O–H groups in total. The summed E-state index contributed by atoms with van der Waals surface area (Å²) < 4.78 is 0. The predicted molar refractivity (Wildman–Crippen MR) is 75.4 cm³/mol. The van der Waals surface area contributed by atoms with Crippen LogP contribution in [0.1, 0.15) is 16.1 Å². The molecule has 1 unspecified atom stereocenters.